The van der Waals surface area contributed by atoms with Gasteiger partial charge in [0, 0.05) is 109 Å². The number of fused-ring (bicyclic) bond motifs is 6. The predicted molar refractivity (Wildman–Crippen MR) is 266 cm³/mol. The second-order valence-electron chi connectivity index (χ2n) is 18.3. The average molecular weight is 1060 g/mol. The van der Waals surface area contributed by atoms with Crippen molar-refractivity contribution in [1.29, 1.82) is 0 Å². The Balaban J connectivity index is 1.19. The lowest BCUT2D eigenvalue weighted by Gasteiger charge is -2.27. The molecule has 0 atom stereocenters. The van der Waals surface area contributed by atoms with Crippen molar-refractivity contribution in [2.24, 2.45) is 0 Å². The molecule has 0 radical (unpaired) electrons. The molecule has 0 saturated carbocycles. The van der Waals surface area contributed by atoms with Crippen molar-refractivity contribution >= 4 is 98.7 Å². The summed E-state index contributed by atoms with van der Waals surface area (Å²) in [6.45, 7) is 8.66. The molecule has 0 aliphatic carbocycles. The highest BCUT2D eigenvalue weighted by molar-refractivity contribution is 7.94. The van der Waals surface area contributed by atoms with Crippen LogP contribution in [0.2, 0.25) is 0 Å². The number of hydrogen-bond donors (Lipinski definition) is 3. The van der Waals surface area contributed by atoms with E-state index in [2.05, 4.69) is 14.3 Å². The summed E-state index contributed by atoms with van der Waals surface area (Å²) in [5, 5.41) is 14.9. The first kappa shape index (κ1) is 53.5. The fraction of sp³-hybridized carbons (Fsp3) is 0.375. The summed E-state index contributed by atoms with van der Waals surface area (Å²) >= 11 is 0.932. The Labute approximate surface area is 416 Å². The average Bonchev–Trinajstić information content (AvgIpc) is 3.82. The Morgan fingerprint density at radius 1 is 0.803 bits per heavy atom. The predicted octanol–water partition coefficient (Wildman–Crippen LogP) is 7.16. The molecule has 380 valence electrons. The molecule has 2 amide bonds. The van der Waals surface area contributed by atoms with Crippen molar-refractivity contribution in [2.45, 2.75) is 86.8 Å². The smallest absolute Gasteiger partial charge is 0.333 e. The van der Waals surface area contributed by atoms with Gasteiger partial charge in [0.1, 0.15) is 11.4 Å². The molecular weight excluding hydrogens is 1000 g/mol. The third-order valence-electron chi connectivity index (χ3n) is 12.9. The second kappa shape index (κ2) is 21.0. The first-order chi connectivity index (χ1) is 33.4. The van der Waals surface area contributed by atoms with Gasteiger partial charge < -0.3 is 9.74 Å². The summed E-state index contributed by atoms with van der Waals surface area (Å²) in [4.78, 5) is 43.0. The highest BCUT2D eigenvalue weighted by Gasteiger charge is 2.46. The number of hydrogen-bond acceptors (Lipinski definition) is 15. The minimum atomic E-state index is -4.53. The molecule has 23 heteroatoms. The van der Waals surface area contributed by atoms with Gasteiger partial charge in [0.2, 0.25) is 15.7 Å². The zero-order valence-corrected chi connectivity index (χ0v) is 42.9. The molecule has 1 saturated heterocycles. The number of anilines is 1. The molecule has 1 fully saturated rings. The van der Waals surface area contributed by atoms with Crippen LogP contribution in [-0.2, 0) is 69.7 Å². The maximum absolute atomic E-state index is 14.2. The number of nitrogens with zero attached hydrogens (tertiary/aromatic N) is 4. The zero-order valence-electron chi connectivity index (χ0n) is 39.6. The van der Waals surface area contributed by atoms with Crippen LogP contribution in [0.5, 0.6) is 0 Å². The fourth-order valence-electron chi connectivity index (χ4n) is 9.76. The van der Waals surface area contributed by atoms with Crippen molar-refractivity contribution in [3.63, 3.8) is 0 Å². The topological polar surface area (TPSA) is 255 Å². The molecule has 3 aliphatic rings. The Bertz CT molecular complexity index is 3260. The van der Waals surface area contributed by atoms with E-state index < -0.39 is 64.6 Å². The minimum Gasteiger partial charge on any atom is -0.344 e. The summed E-state index contributed by atoms with van der Waals surface area (Å²) in [5.74, 6) is -2.09. The van der Waals surface area contributed by atoms with E-state index in [0.717, 1.165) is 50.3 Å². The minimum absolute atomic E-state index is 0.0222. The number of carbonyl (C=O) groups excluding carboxylic acids is 3. The molecule has 3 N–H and O–H groups in total. The van der Waals surface area contributed by atoms with E-state index in [0.29, 0.717) is 45.3 Å². The van der Waals surface area contributed by atoms with Gasteiger partial charge in [-0.3, -0.25) is 18.7 Å². The Kier molecular flexibility index (Phi) is 15.8. The molecule has 71 heavy (non-hydrogen) atoms. The molecule has 7 rings (SSSR count). The van der Waals surface area contributed by atoms with E-state index in [1.807, 2.05) is 80.8 Å². The van der Waals surface area contributed by atoms with Crippen LogP contribution < -0.4 is 4.90 Å². The number of benzene rings is 4. The van der Waals surface area contributed by atoms with E-state index in [1.54, 1.807) is 30.3 Å². The molecule has 0 bridgehead atoms. The van der Waals surface area contributed by atoms with Crippen LogP contribution >= 0.6 is 12.0 Å². The van der Waals surface area contributed by atoms with Gasteiger partial charge in [-0.25, -0.2) is 22.8 Å². The molecule has 4 aromatic carbocycles. The van der Waals surface area contributed by atoms with Crippen LogP contribution in [0.25, 0.3) is 21.5 Å². The van der Waals surface area contributed by atoms with Crippen molar-refractivity contribution in [1.82, 2.24) is 9.37 Å². The quantitative estimate of drug-likeness (QED) is 0.0109. The first-order valence-corrected chi connectivity index (χ1v) is 28.0. The third-order valence-corrected chi connectivity index (χ3v) is 17.2. The maximum atomic E-state index is 14.2. The van der Waals surface area contributed by atoms with Crippen molar-refractivity contribution in [2.75, 3.05) is 43.1 Å². The summed E-state index contributed by atoms with van der Waals surface area (Å²) in [7, 11) is -11.6. The van der Waals surface area contributed by atoms with Crippen LogP contribution in [0.4, 0.5) is 11.4 Å². The summed E-state index contributed by atoms with van der Waals surface area (Å²) in [6.07, 6.45) is 9.79. The van der Waals surface area contributed by atoms with Gasteiger partial charge in [-0.2, -0.15) is 21.4 Å². The van der Waals surface area contributed by atoms with E-state index in [1.165, 1.54) is 19.2 Å². The van der Waals surface area contributed by atoms with E-state index in [-0.39, 0.29) is 55.0 Å². The molecule has 19 nitrogen and oxygen atoms in total. The van der Waals surface area contributed by atoms with Crippen LogP contribution in [0.1, 0.15) is 77.3 Å². The van der Waals surface area contributed by atoms with Gasteiger partial charge in [0.25, 0.3) is 32.1 Å². The Hall–Kier alpha value is -5.34. The number of allylic oxidation sites excluding steroid dienone is 6. The summed E-state index contributed by atoms with van der Waals surface area (Å²) in [5.41, 5.74) is 3.44. The number of imide groups is 1. The van der Waals surface area contributed by atoms with Crippen molar-refractivity contribution < 1.29 is 72.8 Å². The van der Waals surface area contributed by atoms with Gasteiger partial charge in [0.05, 0.1) is 16.1 Å². The van der Waals surface area contributed by atoms with Gasteiger partial charge in [0.15, 0.2) is 5.71 Å². The standard InChI is InChI=1S/C48H54N4O15S4/c1-47(2)40(50(28-12-30-68-67-66-56)36-24-22-33-35(46(36)47)15-10-17-39(33)71(62,63)64)18-7-6-8-19-41-48(3,4)45-34-14-9-16-38(32(34)21-23-37(45)51(41)29-13-31-69(57,58)59)70(60,61)49(5)27-11-20-44(55)65-52-42(53)25-26-43(52)54/h6-10,14-19,21-24H,11-13,20,25-31H2,1-5H3,(H2-,56,57,58,59,62,63,64)/p+1. The first-order valence-electron chi connectivity index (χ1n) is 22.6. The molecule has 4 aromatic rings. The third kappa shape index (κ3) is 11.0. The fourth-order valence-corrected chi connectivity index (χ4v) is 12.7. The monoisotopic (exact) mass is 1060 g/mol. The van der Waals surface area contributed by atoms with Crippen LogP contribution in [0.3, 0.4) is 0 Å². The summed E-state index contributed by atoms with van der Waals surface area (Å²) in [6, 6.07) is 16.8. The van der Waals surface area contributed by atoms with E-state index in [4.69, 9.17) is 10.1 Å². The van der Waals surface area contributed by atoms with Gasteiger partial charge in [-0.15, -0.1) is 9.40 Å². The molecule has 3 heterocycles. The van der Waals surface area contributed by atoms with Crippen LogP contribution in [-0.4, -0.2) is 115 Å². The zero-order chi connectivity index (χ0) is 51.7. The van der Waals surface area contributed by atoms with Crippen LogP contribution in [0.15, 0.2) is 107 Å². The van der Waals surface area contributed by atoms with E-state index >= 15 is 0 Å². The lowest BCUT2D eigenvalue weighted by molar-refractivity contribution is -0.437. The SMILES string of the molecule is CN(CCCC(=O)ON1C(=O)CCC1=O)S(=O)(=O)c1cccc2c3c(ccc12)[N+](CCCS(=O)(=O)O)=C(/C=C/C=C/C=C1/N(CCCSOOO)c2ccc4c(S(=O)(=O)O)cccc4c2C1(C)C)C3(C)C. The molecular formula is C48H55N4O15S4+. The molecule has 0 unspecified atom stereocenters. The maximum Gasteiger partial charge on any atom is 0.333 e. The highest BCUT2D eigenvalue weighted by Crippen LogP contribution is 2.52. The Morgan fingerprint density at radius 2 is 1.45 bits per heavy atom. The lowest BCUT2D eigenvalue weighted by Crippen LogP contribution is -2.32. The molecule has 0 aromatic heterocycles. The van der Waals surface area contributed by atoms with Gasteiger partial charge in [-0.1, -0.05) is 67.4 Å². The molecule has 0 spiro atoms. The number of rotatable bonds is 21. The summed E-state index contributed by atoms with van der Waals surface area (Å²) < 4.78 is 104. The normalized spacial score (nSPS) is 17.6. The van der Waals surface area contributed by atoms with Gasteiger partial charge in [-0.05, 0) is 73.4 Å². The highest BCUT2D eigenvalue weighted by atomic mass is 32.2. The largest absolute Gasteiger partial charge is 0.344 e. The number of carbonyl (C=O) groups is 3. The van der Waals surface area contributed by atoms with Crippen molar-refractivity contribution in [3.8, 4) is 0 Å². The van der Waals surface area contributed by atoms with E-state index in [9.17, 15) is 48.7 Å². The Morgan fingerprint density at radius 3 is 2.11 bits per heavy atom. The van der Waals surface area contributed by atoms with Crippen LogP contribution in [0, 0.1) is 0 Å². The second-order valence-corrected chi connectivity index (χ2v) is 24.0. The number of hydroxylamine groups is 2. The number of sulfonamides is 1. The number of amides is 2. The lowest BCUT2D eigenvalue weighted by atomic mass is 9.79. The van der Waals surface area contributed by atoms with Crippen molar-refractivity contribution in [3.05, 3.63) is 108 Å². The molecule has 3 aliphatic heterocycles. The van der Waals surface area contributed by atoms with Gasteiger partial charge >= 0.3 is 5.97 Å².